The minimum atomic E-state index is -0.0770. The fourth-order valence-corrected chi connectivity index (χ4v) is 4.00. The summed E-state index contributed by atoms with van der Waals surface area (Å²) in [6.07, 6.45) is 7.16. The molecule has 1 atom stereocenters. The van der Waals surface area contributed by atoms with Gasteiger partial charge in [-0.05, 0) is 59.0 Å². The van der Waals surface area contributed by atoms with Gasteiger partial charge in [-0.15, -0.1) is 0 Å². The van der Waals surface area contributed by atoms with Crippen molar-refractivity contribution in [1.29, 1.82) is 0 Å². The third kappa shape index (κ3) is 4.69. The number of unbranched alkanes of at least 4 members (excludes halogenated alkanes) is 1. The van der Waals surface area contributed by atoms with Crippen LogP contribution in [0.4, 0.5) is 0 Å². The molecule has 23 heavy (non-hydrogen) atoms. The molecule has 2 fully saturated rings. The molecular weight excluding hydrogens is 290 g/mol. The van der Waals surface area contributed by atoms with E-state index in [2.05, 4.69) is 17.1 Å². The minimum Gasteiger partial charge on any atom is -0.352 e. The van der Waals surface area contributed by atoms with Crippen molar-refractivity contribution >= 4 is 11.8 Å². The van der Waals surface area contributed by atoms with Crippen LogP contribution in [0.2, 0.25) is 0 Å². The normalized spacial score (nSPS) is 26.1. The van der Waals surface area contributed by atoms with Crippen molar-refractivity contribution in [3.8, 4) is 0 Å². The van der Waals surface area contributed by atoms with E-state index in [1.165, 1.54) is 12.8 Å². The molecule has 2 saturated heterocycles. The van der Waals surface area contributed by atoms with Gasteiger partial charge in [0, 0.05) is 24.5 Å². The van der Waals surface area contributed by atoms with Crippen molar-refractivity contribution in [1.82, 2.24) is 15.1 Å². The van der Waals surface area contributed by atoms with E-state index >= 15 is 0 Å². The fraction of sp³-hybridized carbons (Fsp3) is 0.889. The Morgan fingerprint density at radius 3 is 2.74 bits per heavy atom. The Kier molecular flexibility index (Phi) is 6.45. The molecule has 1 spiro atoms. The summed E-state index contributed by atoms with van der Waals surface area (Å²) >= 11 is 0. The predicted octanol–water partition coefficient (Wildman–Crippen LogP) is 2.16. The van der Waals surface area contributed by atoms with Crippen LogP contribution in [-0.4, -0.2) is 59.4 Å². The lowest BCUT2D eigenvalue weighted by Gasteiger charge is -2.38. The number of nitrogens with one attached hydrogen (secondary N) is 1. The van der Waals surface area contributed by atoms with E-state index in [0.29, 0.717) is 6.42 Å². The Morgan fingerprint density at radius 1 is 1.26 bits per heavy atom. The van der Waals surface area contributed by atoms with Gasteiger partial charge in [-0.3, -0.25) is 9.59 Å². The Hall–Kier alpha value is -1.10. The highest BCUT2D eigenvalue weighted by atomic mass is 16.2. The van der Waals surface area contributed by atoms with Crippen molar-refractivity contribution in [2.45, 2.75) is 77.3 Å². The van der Waals surface area contributed by atoms with Crippen LogP contribution in [0.1, 0.15) is 65.7 Å². The summed E-state index contributed by atoms with van der Waals surface area (Å²) in [4.78, 5) is 29.0. The van der Waals surface area contributed by atoms with Gasteiger partial charge in [-0.2, -0.15) is 0 Å². The highest BCUT2D eigenvalue weighted by Gasteiger charge is 2.46. The number of likely N-dealkylation sites (tertiary alicyclic amines) is 2. The van der Waals surface area contributed by atoms with Crippen molar-refractivity contribution in [3.63, 3.8) is 0 Å². The van der Waals surface area contributed by atoms with E-state index in [1.807, 2.05) is 18.7 Å². The van der Waals surface area contributed by atoms with Crippen molar-refractivity contribution in [3.05, 3.63) is 0 Å². The zero-order valence-corrected chi connectivity index (χ0v) is 15.1. The van der Waals surface area contributed by atoms with Gasteiger partial charge in [0.2, 0.25) is 11.8 Å². The first-order valence-corrected chi connectivity index (χ1v) is 9.29. The molecule has 0 aliphatic carbocycles. The van der Waals surface area contributed by atoms with Crippen LogP contribution in [0.15, 0.2) is 0 Å². The van der Waals surface area contributed by atoms with Crippen molar-refractivity contribution < 1.29 is 9.59 Å². The summed E-state index contributed by atoms with van der Waals surface area (Å²) in [5.41, 5.74) is -0.0770. The zero-order chi connectivity index (χ0) is 16.9. The second kappa shape index (κ2) is 8.13. The van der Waals surface area contributed by atoms with E-state index in [1.54, 1.807) is 0 Å². The maximum Gasteiger partial charge on any atom is 0.239 e. The number of nitrogens with zero attached hydrogens (tertiary/aromatic N) is 2. The Balaban J connectivity index is 2.00. The third-order valence-corrected chi connectivity index (χ3v) is 5.27. The molecule has 2 aliphatic rings. The van der Waals surface area contributed by atoms with Crippen LogP contribution in [0.5, 0.6) is 0 Å². The average Bonchev–Trinajstić information content (AvgIpc) is 2.68. The second-order valence-electron chi connectivity index (χ2n) is 7.48. The molecule has 0 aromatic heterocycles. The van der Waals surface area contributed by atoms with Crippen LogP contribution >= 0.6 is 0 Å². The lowest BCUT2D eigenvalue weighted by molar-refractivity contribution is -0.137. The minimum absolute atomic E-state index is 0.0262. The number of amides is 2. The summed E-state index contributed by atoms with van der Waals surface area (Å²) < 4.78 is 0. The molecule has 1 N–H and O–H groups in total. The average molecular weight is 323 g/mol. The van der Waals surface area contributed by atoms with E-state index in [9.17, 15) is 9.59 Å². The Bertz CT molecular complexity index is 424. The van der Waals surface area contributed by atoms with Gasteiger partial charge in [0.1, 0.15) is 6.54 Å². The highest BCUT2D eigenvalue weighted by molar-refractivity contribution is 5.87. The maximum absolute atomic E-state index is 12.4. The van der Waals surface area contributed by atoms with Crippen molar-refractivity contribution in [2.75, 3.05) is 26.2 Å². The Morgan fingerprint density at radius 2 is 2.04 bits per heavy atom. The number of carbonyl (C=O) groups excluding carboxylic acids is 2. The van der Waals surface area contributed by atoms with Crippen LogP contribution in [-0.2, 0) is 9.59 Å². The molecule has 2 heterocycles. The SMILES string of the molecule is CCCCN1CCC[C@]2(CCC(=O)N2CC(=O)NC(C)C)CC1. The summed E-state index contributed by atoms with van der Waals surface area (Å²) in [5, 5.41) is 2.92. The summed E-state index contributed by atoms with van der Waals surface area (Å²) in [5.74, 6) is 0.132. The van der Waals surface area contributed by atoms with Crippen LogP contribution in [0.25, 0.3) is 0 Å². The predicted molar refractivity (Wildman–Crippen MR) is 92.2 cm³/mol. The van der Waals surface area contributed by atoms with Gasteiger partial charge in [0.05, 0.1) is 0 Å². The molecule has 0 radical (unpaired) electrons. The van der Waals surface area contributed by atoms with Crippen molar-refractivity contribution in [2.24, 2.45) is 0 Å². The standard InChI is InChI=1S/C18H33N3O2/c1-4-5-11-20-12-6-8-18(10-13-20)9-7-17(23)21(18)14-16(22)19-15(2)3/h15H,4-14H2,1-3H3,(H,19,22)/t18-/m0/s1. The zero-order valence-electron chi connectivity index (χ0n) is 15.1. The van der Waals surface area contributed by atoms with Gasteiger partial charge in [-0.25, -0.2) is 0 Å². The topological polar surface area (TPSA) is 52.7 Å². The van der Waals surface area contributed by atoms with Gasteiger partial charge in [-0.1, -0.05) is 13.3 Å². The second-order valence-corrected chi connectivity index (χ2v) is 7.48. The monoisotopic (exact) mass is 323 g/mol. The molecule has 132 valence electrons. The van der Waals surface area contributed by atoms with E-state index in [0.717, 1.165) is 45.3 Å². The number of hydrogen-bond donors (Lipinski definition) is 1. The number of carbonyl (C=O) groups is 2. The maximum atomic E-state index is 12.4. The first-order chi connectivity index (χ1) is 11.0. The molecule has 2 rings (SSSR count). The third-order valence-electron chi connectivity index (χ3n) is 5.27. The molecule has 2 aliphatic heterocycles. The first-order valence-electron chi connectivity index (χ1n) is 9.29. The fourth-order valence-electron chi connectivity index (χ4n) is 4.00. The molecule has 5 heteroatoms. The molecule has 0 unspecified atom stereocenters. The summed E-state index contributed by atoms with van der Waals surface area (Å²) in [6, 6.07) is 0.120. The number of rotatable bonds is 6. The van der Waals surface area contributed by atoms with Gasteiger partial charge < -0.3 is 15.1 Å². The molecule has 2 amide bonds. The van der Waals surface area contributed by atoms with E-state index in [-0.39, 0.29) is 29.9 Å². The quantitative estimate of drug-likeness (QED) is 0.815. The largest absolute Gasteiger partial charge is 0.352 e. The van der Waals surface area contributed by atoms with Crippen LogP contribution in [0.3, 0.4) is 0 Å². The van der Waals surface area contributed by atoms with E-state index < -0.39 is 0 Å². The molecule has 5 nitrogen and oxygen atoms in total. The lowest BCUT2D eigenvalue weighted by atomic mass is 9.87. The molecule has 0 saturated carbocycles. The van der Waals surface area contributed by atoms with Gasteiger partial charge >= 0.3 is 0 Å². The lowest BCUT2D eigenvalue weighted by Crippen LogP contribution is -2.51. The van der Waals surface area contributed by atoms with Gasteiger partial charge in [0.25, 0.3) is 0 Å². The smallest absolute Gasteiger partial charge is 0.239 e. The molecule has 0 bridgehead atoms. The van der Waals surface area contributed by atoms with Crippen LogP contribution in [0, 0.1) is 0 Å². The van der Waals surface area contributed by atoms with Crippen LogP contribution < -0.4 is 5.32 Å². The van der Waals surface area contributed by atoms with E-state index in [4.69, 9.17) is 0 Å². The summed E-state index contributed by atoms with van der Waals surface area (Å²) in [7, 11) is 0. The highest BCUT2D eigenvalue weighted by Crippen LogP contribution is 2.38. The Labute approximate surface area is 140 Å². The molecular formula is C18H33N3O2. The number of hydrogen-bond acceptors (Lipinski definition) is 3. The molecule has 0 aromatic rings. The summed E-state index contributed by atoms with van der Waals surface area (Å²) in [6.45, 7) is 9.70. The first kappa shape index (κ1) is 18.2. The molecule has 0 aromatic carbocycles. The van der Waals surface area contributed by atoms with Gasteiger partial charge in [0.15, 0.2) is 0 Å².